The average molecular weight is 256 g/mol. The van der Waals surface area contributed by atoms with Crippen molar-refractivity contribution in [2.24, 2.45) is 0 Å². The second-order valence-electron chi connectivity index (χ2n) is 2.49. The molecule has 96 valence electrons. The van der Waals surface area contributed by atoms with Crippen molar-refractivity contribution in [2.45, 2.75) is 25.2 Å². The summed E-state index contributed by atoms with van der Waals surface area (Å²) in [6, 6.07) is 0. The van der Waals surface area contributed by atoms with E-state index >= 15 is 0 Å². The predicted octanol–water partition coefficient (Wildman–Crippen LogP) is 4.49. The lowest BCUT2D eigenvalue weighted by molar-refractivity contribution is -0.129. The maximum atomic E-state index is 11.4. The molecule has 8 heteroatoms. The SMILES string of the molecule is C=C(F)C(F)C(F)F.C=C(F)CC(F)(F)F. The van der Waals surface area contributed by atoms with Crippen LogP contribution in [0.5, 0.6) is 0 Å². The summed E-state index contributed by atoms with van der Waals surface area (Å²) in [5, 5.41) is 0. The van der Waals surface area contributed by atoms with Crippen molar-refractivity contribution in [2.75, 3.05) is 0 Å². The van der Waals surface area contributed by atoms with Gasteiger partial charge in [0, 0.05) is 0 Å². The number of alkyl halides is 6. The van der Waals surface area contributed by atoms with Gasteiger partial charge in [0.15, 0.2) is 0 Å². The summed E-state index contributed by atoms with van der Waals surface area (Å²) < 4.78 is 89.0. The Morgan fingerprint density at radius 3 is 1.38 bits per heavy atom. The molecule has 0 aliphatic heterocycles. The van der Waals surface area contributed by atoms with Crippen LogP contribution < -0.4 is 0 Å². The third-order valence-electron chi connectivity index (χ3n) is 0.913. The summed E-state index contributed by atoms with van der Waals surface area (Å²) in [4.78, 5) is 0. The molecular formula is C8H8F8. The van der Waals surface area contributed by atoms with Gasteiger partial charge in [-0.05, 0) is 0 Å². The van der Waals surface area contributed by atoms with Crippen LogP contribution in [0.25, 0.3) is 0 Å². The number of halogens is 8. The zero-order chi connectivity index (χ0) is 13.5. The van der Waals surface area contributed by atoms with Crippen molar-refractivity contribution in [3.63, 3.8) is 0 Å². The normalized spacial score (nSPS) is 12.8. The lowest BCUT2D eigenvalue weighted by Gasteiger charge is -2.00. The van der Waals surface area contributed by atoms with Gasteiger partial charge in [-0.25, -0.2) is 22.0 Å². The van der Waals surface area contributed by atoms with Crippen molar-refractivity contribution >= 4 is 0 Å². The summed E-state index contributed by atoms with van der Waals surface area (Å²) in [6.07, 6.45) is -12.1. The topological polar surface area (TPSA) is 0 Å². The number of allylic oxidation sites excluding steroid dienone is 2. The van der Waals surface area contributed by atoms with E-state index in [4.69, 9.17) is 0 Å². The molecule has 0 nitrogen and oxygen atoms in total. The van der Waals surface area contributed by atoms with Crippen LogP contribution in [0.4, 0.5) is 35.1 Å². The zero-order valence-corrected chi connectivity index (χ0v) is 7.80. The molecule has 0 aliphatic rings. The quantitative estimate of drug-likeness (QED) is 0.652. The van der Waals surface area contributed by atoms with Crippen LogP contribution in [0.15, 0.2) is 24.8 Å². The highest BCUT2D eigenvalue weighted by molar-refractivity contribution is 4.91. The van der Waals surface area contributed by atoms with Gasteiger partial charge in [-0.15, -0.1) is 0 Å². The first kappa shape index (κ1) is 17.3. The Morgan fingerprint density at radius 2 is 1.38 bits per heavy atom. The zero-order valence-electron chi connectivity index (χ0n) is 7.80. The molecule has 0 fully saturated rings. The lowest BCUT2D eigenvalue weighted by Crippen LogP contribution is -2.11. The van der Waals surface area contributed by atoms with E-state index in [1.807, 2.05) is 0 Å². The third kappa shape index (κ3) is 12.9. The van der Waals surface area contributed by atoms with Crippen LogP contribution >= 0.6 is 0 Å². The first-order valence-electron chi connectivity index (χ1n) is 3.64. The smallest absolute Gasteiger partial charge is 0.233 e. The average Bonchev–Trinajstić information content (AvgIpc) is 1.98. The van der Waals surface area contributed by atoms with E-state index in [0.717, 1.165) is 0 Å². The molecule has 16 heavy (non-hydrogen) atoms. The molecule has 0 radical (unpaired) electrons. The van der Waals surface area contributed by atoms with Gasteiger partial charge in [0.25, 0.3) is 6.43 Å². The van der Waals surface area contributed by atoms with Gasteiger partial charge in [0.1, 0.15) is 11.7 Å². The summed E-state index contributed by atoms with van der Waals surface area (Å²) in [5.41, 5.74) is 0. The van der Waals surface area contributed by atoms with Gasteiger partial charge >= 0.3 is 6.18 Å². The first-order chi connectivity index (χ1) is 6.97. The monoisotopic (exact) mass is 256 g/mol. The maximum Gasteiger partial charge on any atom is 0.395 e. The fourth-order valence-electron chi connectivity index (χ4n) is 0.354. The molecule has 0 aromatic heterocycles. The van der Waals surface area contributed by atoms with Crippen LogP contribution in [-0.2, 0) is 0 Å². The second kappa shape index (κ2) is 7.24. The molecule has 0 bridgehead atoms. The van der Waals surface area contributed by atoms with Crippen molar-refractivity contribution in [3.8, 4) is 0 Å². The number of hydrogen-bond acceptors (Lipinski definition) is 0. The van der Waals surface area contributed by atoms with E-state index in [0.29, 0.717) is 0 Å². The van der Waals surface area contributed by atoms with Crippen molar-refractivity contribution in [1.29, 1.82) is 0 Å². The maximum absolute atomic E-state index is 11.4. The Kier molecular flexibility index (Phi) is 7.83. The molecule has 0 saturated heterocycles. The lowest BCUT2D eigenvalue weighted by atomic mass is 10.4. The highest BCUT2D eigenvalue weighted by Crippen LogP contribution is 2.23. The molecule has 0 aromatic carbocycles. The molecular weight excluding hydrogens is 248 g/mol. The molecule has 0 saturated carbocycles. The summed E-state index contributed by atoms with van der Waals surface area (Å²) >= 11 is 0. The van der Waals surface area contributed by atoms with Crippen LogP contribution in [0.3, 0.4) is 0 Å². The first-order valence-corrected chi connectivity index (χ1v) is 3.64. The Morgan fingerprint density at radius 1 is 1.00 bits per heavy atom. The predicted molar refractivity (Wildman–Crippen MR) is 42.1 cm³/mol. The molecule has 0 spiro atoms. The minimum atomic E-state index is -4.45. The fourth-order valence-corrected chi connectivity index (χ4v) is 0.354. The second-order valence-corrected chi connectivity index (χ2v) is 2.49. The van der Waals surface area contributed by atoms with Gasteiger partial charge in [-0.2, -0.15) is 13.2 Å². The molecule has 0 aliphatic carbocycles. The van der Waals surface area contributed by atoms with Gasteiger partial charge in [0.2, 0.25) is 6.17 Å². The van der Waals surface area contributed by atoms with Gasteiger partial charge in [0.05, 0.1) is 6.42 Å². The highest BCUT2D eigenvalue weighted by atomic mass is 19.4. The number of hydrogen-bond donors (Lipinski definition) is 0. The third-order valence-corrected chi connectivity index (χ3v) is 0.913. The molecule has 0 rings (SSSR count). The molecule has 0 amide bonds. The van der Waals surface area contributed by atoms with Gasteiger partial charge in [-0.1, -0.05) is 13.2 Å². The Balaban J connectivity index is 0. The number of rotatable bonds is 3. The Hall–Kier alpha value is -1.08. The molecule has 0 aromatic rings. The van der Waals surface area contributed by atoms with E-state index in [2.05, 4.69) is 13.2 Å². The van der Waals surface area contributed by atoms with Crippen molar-refractivity contribution in [3.05, 3.63) is 24.8 Å². The van der Waals surface area contributed by atoms with Gasteiger partial charge in [-0.3, -0.25) is 0 Å². The van der Waals surface area contributed by atoms with Crippen molar-refractivity contribution in [1.82, 2.24) is 0 Å². The van der Waals surface area contributed by atoms with E-state index in [1.165, 1.54) is 0 Å². The van der Waals surface area contributed by atoms with E-state index < -0.39 is 36.8 Å². The Labute approximate surface area is 86.2 Å². The van der Waals surface area contributed by atoms with Gasteiger partial charge < -0.3 is 0 Å². The van der Waals surface area contributed by atoms with E-state index in [1.54, 1.807) is 0 Å². The molecule has 0 heterocycles. The summed E-state index contributed by atoms with van der Waals surface area (Å²) in [5.74, 6) is -2.97. The van der Waals surface area contributed by atoms with E-state index in [-0.39, 0.29) is 0 Å². The minimum absolute atomic E-state index is 1.35. The van der Waals surface area contributed by atoms with Crippen LogP contribution in [0, 0.1) is 0 Å². The summed E-state index contributed by atoms with van der Waals surface area (Å²) in [7, 11) is 0. The highest BCUT2D eigenvalue weighted by Gasteiger charge is 2.28. The van der Waals surface area contributed by atoms with Crippen LogP contribution in [-0.4, -0.2) is 18.8 Å². The summed E-state index contributed by atoms with van der Waals surface area (Å²) in [6.45, 7) is 4.81. The van der Waals surface area contributed by atoms with Crippen LogP contribution in [0.2, 0.25) is 0 Å². The molecule has 1 atom stereocenters. The van der Waals surface area contributed by atoms with E-state index in [9.17, 15) is 35.1 Å². The van der Waals surface area contributed by atoms with Crippen molar-refractivity contribution < 1.29 is 35.1 Å². The fraction of sp³-hybridized carbons (Fsp3) is 0.500. The Bertz CT molecular complexity index is 229. The standard InChI is InChI=1S/2C4H4F4/c1-3(5)2-4(6,7)8;1-2(5)3(6)4(7)8/h1-2H2;3-4H,1H2. The largest absolute Gasteiger partial charge is 0.395 e. The molecule has 0 N–H and O–H groups in total. The molecule has 1 unspecified atom stereocenters. The minimum Gasteiger partial charge on any atom is -0.233 e. The van der Waals surface area contributed by atoms with Crippen LogP contribution in [0.1, 0.15) is 6.42 Å².